The highest BCUT2D eigenvalue weighted by molar-refractivity contribution is 8.24. The van der Waals surface area contributed by atoms with Gasteiger partial charge in [-0.05, 0) is 0 Å². The van der Waals surface area contributed by atoms with Crippen LogP contribution in [0.5, 0.6) is 0 Å². The Hall–Kier alpha value is -0.170. The molecule has 0 spiro atoms. The predicted octanol–water partition coefficient (Wildman–Crippen LogP) is 1.27. The van der Waals surface area contributed by atoms with Crippen LogP contribution >= 0.6 is 58.4 Å². The Balaban J connectivity index is 2.41. The first kappa shape index (κ1) is 13.3. The molecule has 2 heterocycles. The highest BCUT2D eigenvalue weighted by Crippen LogP contribution is 2.60. The van der Waals surface area contributed by atoms with Gasteiger partial charge in [0.2, 0.25) is 0 Å². The van der Waals surface area contributed by atoms with Crippen molar-refractivity contribution < 1.29 is 19.3 Å². The van der Waals surface area contributed by atoms with Crippen molar-refractivity contribution in [2.24, 2.45) is 11.8 Å². The fourth-order valence-electron chi connectivity index (χ4n) is 1.07. The maximum atomic E-state index is 11.6. The second-order valence-corrected chi connectivity index (χ2v) is 9.11. The molecule has 0 atom stereocenters. The smallest absolute Gasteiger partial charge is 0.363 e. The van der Waals surface area contributed by atoms with E-state index < -0.39 is 16.0 Å². The van der Waals surface area contributed by atoms with Gasteiger partial charge in [-0.25, -0.2) is 9.59 Å². The number of hydrogen-bond donors (Lipinski definition) is 2. The van der Waals surface area contributed by atoms with Crippen molar-refractivity contribution in [1.29, 1.82) is 0 Å². The Morgan fingerprint density at radius 3 is 1.82 bits per heavy atom. The summed E-state index contributed by atoms with van der Waals surface area (Å²) in [5.74, 6) is 7.82. The number of thioether (sulfide) groups is 2. The Bertz CT molecular complexity index is 492. The van der Waals surface area contributed by atoms with Crippen LogP contribution in [0.2, 0.25) is 0 Å². The lowest BCUT2D eigenvalue weighted by Crippen LogP contribution is -2.43. The number of nitrogens with two attached hydrogens (primary N) is 2. The molecule has 0 aromatic carbocycles. The van der Waals surface area contributed by atoms with Crippen LogP contribution in [0.1, 0.15) is 0 Å². The van der Waals surface area contributed by atoms with Gasteiger partial charge in [0.15, 0.2) is 0 Å². The van der Waals surface area contributed by atoms with Crippen molar-refractivity contribution >= 4 is 70.4 Å². The molecule has 6 nitrogen and oxygen atoms in total. The molecule has 0 saturated heterocycles. The van der Waals surface area contributed by atoms with Gasteiger partial charge in [0.05, 0.1) is 8.42 Å². The fourth-order valence-corrected chi connectivity index (χ4v) is 8.12. The Kier molecular flexibility index (Phi) is 3.77. The largest absolute Gasteiger partial charge is 0.371 e. The van der Waals surface area contributed by atoms with Gasteiger partial charge in [0, 0.05) is 0 Å². The summed E-state index contributed by atoms with van der Waals surface area (Å²) in [5, 5.41) is 0. The summed E-state index contributed by atoms with van der Waals surface area (Å²) in [6.45, 7) is 0. The number of carbonyl (C=O) groups excluding carboxylic acids is 2. The Morgan fingerprint density at radius 2 is 1.47 bits per heavy atom. The van der Waals surface area contributed by atoms with E-state index in [1.807, 2.05) is 0 Å². The average molecular weight is 328 g/mol. The van der Waals surface area contributed by atoms with Crippen LogP contribution in [-0.2, 0) is 19.3 Å². The average Bonchev–Trinajstić information content (AvgIpc) is 2.81. The zero-order valence-electron chi connectivity index (χ0n) is 7.83. The quantitative estimate of drug-likeness (QED) is 0.471. The van der Waals surface area contributed by atoms with Gasteiger partial charge >= 0.3 is 11.9 Å². The van der Waals surface area contributed by atoms with E-state index in [4.69, 9.17) is 24.0 Å². The van der Waals surface area contributed by atoms with E-state index in [0.717, 1.165) is 31.9 Å². The third-order valence-corrected chi connectivity index (χ3v) is 7.89. The van der Waals surface area contributed by atoms with Gasteiger partial charge in [0.1, 0.15) is 3.14 Å². The van der Waals surface area contributed by atoms with Crippen molar-refractivity contribution in [2.75, 3.05) is 0 Å². The van der Waals surface area contributed by atoms with Gasteiger partial charge < -0.3 is 9.68 Å². The molecule has 1 aromatic heterocycles. The molecule has 92 valence electrons. The van der Waals surface area contributed by atoms with E-state index in [-0.39, 0.29) is 0 Å². The lowest BCUT2D eigenvalue weighted by atomic mass is 10.4. The van der Waals surface area contributed by atoms with Gasteiger partial charge in [-0.2, -0.15) is 11.8 Å². The number of fused-ring (bicyclic) bond motifs is 1. The van der Waals surface area contributed by atoms with Crippen molar-refractivity contribution in [3.63, 3.8) is 0 Å². The minimum Gasteiger partial charge on any atom is -0.371 e. The molecule has 1 aliphatic rings. The van der Waals surface area contributed by atoms with Crippen LogP contribution in [0, 0.1) is 3.14 Å². The molecule has 17 heavy (non-hydrogen) atoms. The highest BCUT2D eigenvalue weighted by Gasteiger charge is 2.57. The van der Waals surface area contributed by atoms with Crippen LogP contribution in [-0.4, -0.2) is 16.0 Å². The second-order valence-electron chi connectivity index (χ2n) is 2.66. The summed E-state index contributed by atoms with van der Waals surface area (Å²) in [7, 11) is 0. The summed E-state index contributed by atoms with van der Waals surface area (Å²) in [6.07, 6.45) is 0. The molecule has 0 amide bonds. The van der Waals surface area contributed by atoms with E-state index in [2.05, 4.69) is 9.68 Å². The van der Waals surface area contributed by atoms with E-state index in [9.17, 15) is 9.59 Å². The molecule has 0 saturated carbocycles. The molecule has 0 unspecified atom stereocenters. The number of carbonyl (C=O) groups is 2. The number of hydrogen-bond acceptors (Lipinski definition) is 11. The van der Waals surface area contributed by atoms with E-state index in [1.54, 1.807) is 0 Å². The molecule has 0 fully saturated rings. The first-order valence-corrected chi connectivity index (χ1v) is 7.55. The van der Waals surface area contributed by atoms with Gasteiger partial charge in [-0.3, -0.25) is 0 Å². The molecule has 0 radical (unpaired) electrons. The normalized spacial score (nSPS) is 16.4. The van der Waals surface area contributed by atoms with E-state index >= 15 is 0 Å². The second kappa shape index (κ2) is 4.84. The molecule has 2 rings (SSSR count). The predicted molar refractivity (Wildman–Crippen MR) is 68.0 cm³/mol. The molecular weight excluding hydrogens is 324 g/mol. The van der Waals surface area contributed by atoms with E-state index in [1.165, 1.54) is 22.7 Å². The Morgan fingerprint density at radius 1 is 1.06 bits per heavy atom. The van der Waals surface area contributed by atoms with Crippen LogP contribution < -0.4 is 11.8 Å². The SMILES string of the molecule is NOC(=O)C1(C(=O)ON)Sc2sc(=S)sc2S1. The summed E-state index contributed by atoms with van der Waals surface area (Å²) in [6, 6.07) is 0. The van der Waals surface area contributed by atoms with Crippen LogP contribution in [0.4, 0.5) is 0 Å². The molecule has 11 heteroatoms. The van der Waals surface area contributed by atoms with Crippen LogP contribution in [0.25, 0.3) is 0 Å². The third kappa shape index (κ3) is 2.12. The maximum absolute atomic E-state index is 11.6. The van der Waals surface area contributed by atoms with Crippen LogP contribution in [0.3, 0.4) is 0 Å². The van der Waals surface area contributed by atoms with Crippen molar-refractivity contribution in [1.82, 2.24) is 0 Å². The monoisotopic (exact) mass is 328 g/mol. The first-order valence-electron chi connectivity index (χ1n) is 3.88. The van der Waals surface area contributed by atoms with Crippen LogP contribution in [0.15, 0.2) is 8.42 Å². The minimum atomic E-state index is -1.62. The zero-order valence-corrected chi connectivity index (χ0v) is 11.9. The molecule has 1 aromatic rings. The van der Waals surface area contributed by atoms with E-state index in [0.29, 0.717) is 3.14 Å². The summed E-state index contributed by atoms with van der Waals surface area (Å²) >= 11 is 9.61. The summed E-state index contributed by atoms with van der Waals surface area (Å²) in [5.41, 5.74) is 0. The summed E-state index contributed by atoms with van der Waals surface area (Å²) in [4.78, 5) is 31.5. The van der Waals surface area contributed by atoms with Crippen molar-refractivity contribution in [3.05, 3.63) is 3.14 Å². The third-order valence-electron chi connectivity index (χ3n) is 1.74. The van der Waals surface area contributed by atoms with Gasteiger partial charge in [0.25, 0.3) is 4.08 Å². The first-order chi connectivity index (χ1) is 8.03. The maximum Gasteiger partial charge on any atom is 0.363 e. The van der Waals surface area contributed by atoms with Crippen molar-refractivity contribution in [3.8, 4) is 0 Å². The number of rotatable bonds is 2. The summed E-state index contributed by atoms with van der Waals surface area (Å²) < 4.78 is 0.622. The molecule has 4 N–H and O–H groups in total. The topological polar surface area (TPSA) is 105 Å². The van der Waals surface area contributed by atoms with Gasteiger partial charge in [-0.15, -0.1) is 22.7 Å². The lowest BCUT2D eigenvalue weighted by molar-refractivity contribution is -0.155. The molecule has 0 bridgehead atoms. The highest BCUT2D eigenvalue weighted by atomic mass is 32.2. The fraction of sp³-hybridized carbons (Fsp3) is 0.167. The zero-order chi connectivity index (χ0) is 12.6. The van der Waals surface area contributed by atoms with Crippen molar-refractivity contribution in [2.45, 2.75) is 12.5 Å². The molecular formula is C6H4N2O4S5. The molecule has 0 aliphatic carbocycles. The lowest BCUT2D eigenvalue weighted by Gasteiger charge is -2.19. The minimum absolute atomic E-state index is 0.714. The molecule has 1 aliphatic heterocycles. The standard InChI is InChI=1S/C6H4N2O4S5/c7-11-3(9)6(4(10)12-8)16-1-2(17-6)15-5(13)14-1/h7-8H2. The van der Waals surface area contributed by atoms with Gasteiger partial charge in [-0.1, -0.05) is 35.7 Å². The Labute approximate surface area is 117 Å².